The molecule has 1 heterocycles. The van der Waals surface area contributed by atoms with E-state index in [1.165, 1.54) is 0 Å². The summed E-state index contributed by atoms with van der Waals surface area (Å²) < 4.78 is 26.4. The number of carbonyl (C=O) groups excluding carboxylic acids is 2. The van der Waals surface area contributed by atoms with Crippen molar-refractivity contribution in [1.29, 1.82) is 0 Å². The fraction of sp³-hybridized carbons (Fsp3) is 0.0667. The first kappa shape index (κ1) is 13.2. The normalized spacial score (nSPS) is 13.7. The number of nitrogens with two attached hydrogens (primary N) is 1. The van der Waals surface area contributed by atoms with Crippen molar-refractivity contribution in [1.82, 2.24) is 4.90 Å². The summed E-state index contributed by atoms with van der Waals surface area (Å²) >= 11 is 0. The molecule has 0 atom stereocenters. The first-order valence-corrected chi connectivity index (χ1v) is 6.17. The molecule has 3 rings (SSSR count). The molecule has 0 bridgehead atoms. The van der Waals surface area contributed by atoms with Gasteiger partial charge in [0.15, 0.2) is 11.6 Å². The number of hydrogen-bond donors (Lipinski definition) is 1. The van der Waals surface area contributed by atoms with Gasteiger partial charge in [-0.05, 0) is 29.8 Å². The van der Waals surface area contributed by atoms with Crippen molar-refractivity contribution in [3.8, 4) is 0 Å². The number of nitrogen functional groups attached to an aromatic ring is 1. The summed E-state index contributed by atoms with van der Waals surface area (Å²) in [6.07, 6.45) is 0. The van der Waals surface area contributed by atoms with Gasteiger partial charge in [-0.25, -0.2) is 8.78 Å². The fourth-order valence-corrected chi connectivity index (χ4v) is 2.23. The van der Waals surface area contributed by atoms with Crippen molar-refractivity contribution in [3.63, 3.8) is 0 Å². The fourth-order valence-electron chi connectivity index (χ4n) is 2.23. The Morgan fingerprint density at radius 1 is 0.905 bits per heavy atom. The van der Waals surface area contributed by atoms with Gasteiger partial charge in [-0.3, -0.25) is 14.5 Å². The van der Waals surface area contributed by atoms with Gasteiger partial charge in [0.2, 0.25) is 0 Å². The first-order chi connectivity index (χ1) is 9.97. The van der Waals surface area contributed by atoms with Crippen LogP contribution >= 0.6 is 0 Å². The van der Waals surface area contributed by atoms with Crippen LogP contribution in [-0.4, -0.2) is 16.7 Å². The van der Waals surface area contributed by atoms with E-state index in [4.69, 9.17) is 5.73 Å². The molecule has 21 heavy (non-hydrogen) atoms. The Morgan fingerprint density at radius 2 is 1.38 bits per heavy atom. The van der Waals surface area contributed by atoms with Gasteiger partial charge in [0, 0.05) is 5.69 Å². The van der Waals surface area contributed by atoms with Gasteiger partial charge in [0.1, 0.15) is 0 Å². The molecule has 2 amide bonds. The van der Waals surface area contributed by atoms with E-state index in [9.17, 15) is 18.4 Å². The van der Waals surface area contributed by atoms with E-state index in [2.05, 4.69) is 0 Å². The van der Waals surface area contributed by atoms with Crippen LogP contribution in [0, 0.1) is 11.6 Å². The van der Waals surface area contributed by atoms with Gasteiger partial charge < -0.3 is 5.73 Å². The number of halogens is 2. The summed E-state index contributed by atoms with van der Waals surface area (Å²) in [7, 11) is 0. The lowest BCUT2D eigenvalue weighted by atomic mass is 10.1. The van der Waals surface area contributed by atoms with Gasteiger partial charge >= 0.3 is 0 Å². The van der Waals surface area contributed by atoms with Gasteiger partial charge in [0.05, 0.1) is 17.7 Å². The molecule has 0 saturated heterocycles. The zero-order chi connectivity index (χ0) is 15.1. The Bertz CT molecular complexity index is 716. The highest BCUT2D eigenvalue weighted by Gasteiger charge is 2.36. The standard InChI is InChI=1S/C15H10F2N2O2/c16-12-5-10-11(6-13(12)17)15(21)19(14(10)20)7-8-1-3-9(18)4-2-8/h1-6H,7,18H2. The molecule has 0 radical (unpaired) electrons. The van der Waals surface area contributed by atoms with Crippen molar-refractivity contribution in [3.05, 3.63) is 64.7 Å². The molecule has 0 aliphatic carbocycles. The van der Waals surface area contributed by atoms with Crippen molar-refractivity contribution in [2.45, 2.75) is 6.54 Å². The number of imide groups is 1. The summed E-state index contributed by atoms with van der Waals surface area (Å²) in [4.78, 5) is 25.2. The van der Waals surface area contributed by atoms with Gasteiger partial charge in [-0.2, -0.15) is 0 Å². The Balaban J connectivity index is 1.94. The predicted octanol–water partition coefficient (Wildman–Crippen LogP) is 2.34. The Hall–Kier alpha value is -2.76. The molecule has 2 aromatic carbocycles. The quantitative estimate of drug-likeness (QED) is 0.681. The molecule has 0 fully saturated rings. The average molecular weight is 288 g/mol. The predicted molar refractivity (Wildman–Crippen MR) is 71.4 cm³/mol. The smallest absolute Gasteiger partial charge is 0.261 e. The van der Waals surface area contributed by atoms with Crippen molar-refractivity contribution >= 4 is 17.5 Å². The number of fused-ring (bicyclic) bond motifs is 1. The SMILES string of the molecule is Nc1ccc(CN2C(=O)c3cc(F)c(F)cc3C2=O)cc1. The van der Waals surface area contributed by atoms with Crippen LogP contribution in [0.25, 0.3) is 0 Å². The van der Waals surface area contributed by atoms with Crippen molar-refractivity contribution < 1.29 is 18.4 Å². The number of rotatable bonds is 2. The van der Waals surface area contributed by atoms with E-state index in [1.54, 1.807) is 24.3 Å². The third kappa shape index (κ3) is 2.14. The first-order valence-electron chi connectivity index (χ1n) is 6.17. The highest BCUT2D eigenvalue weighted by atomic mass is 19.2. The molecular formula is C15H10F2N2O2. The van der Waals surface area contributed by atoms with Crippen LogP contribution < -0.4 is 5.73 Å². The van der Waals surface area contributed by atoms with Gasteiger partial charge in [-0.1, -0.05) is 12.1 Å². The van der Waals surface area contributed by atoms with E-state index in [0.29, 0.717) is 11.3 Å². The molecule has 106 valence electrons. The highest BCUT2D eigenvalue weighted by molar-refractivity contribution is 6.21. The molecule has 0 aromatic heterocycles. The van der Waals surface area contributed by atoms with E-state index >= 15 is 0 Å². The van der Waals surface area contributed by atoms with E-state index in [0.717, 1.165) is 17.0 Å². The lowest BCUT2D eigenvalue weighted by Gasteiger charge is -2.13. The van der Waals surface area contributed by atoms with Crippen LogP contribution in [0.2, 0.25) is 0 Å². The van der Waals surface area contributed by atoms with Crippen LogP contribution in [0.4, 0.5) is 14.5 Å². The lowest BCUT2D eigenvalue weighted by Crippen LogP contribution is -2.29. The molecule has 1 aliphatic heterocycles. The summed E-state index contributed by atoms with van der Waals surface area (Å²) in [5.74, 6) is -3.56. The molecule has 0 saturated carbocycles. The molecule has 0 unspecified atom stereocenters. The monoisotopic (exact) mass is 288 g/mol. The summed E-state index contributed by atoms with van der Waals surface area (Å²) in [6.45, 7) is 0.0237. The second-order valence-corrected chi connectivity index (χ2v) is 4.75. The zero-order valence-corrected chi connectivity index (χ0v) is 10.8. The van der Waals surface area contributed by atoms with Crippen LogP contribution in [0.3, 0.4) is 0 Å². The van der Waals surface area contributed by atoms with Crippen LogP contribution in [-0.2, 0) is 6.54 Å². The second kappa shape index (κ2) is 4.66. The van der Waals surface area contributed by atoms with Gasteiger partial charge in [-0.15, -0.1) is 0 Å². The number of benzene rings is 2. The number of nitrogens with zero attached hydrogens (tertiary/aromatic N) is 1. The number of anilines is 1. The van der Waals surface area contributed by atoms with Crippen LogP contribution in [0.15, 0.2) is 36.4 Å². The molecular weight excluding hydrogens is 278 g/mol. The maximum Gasteiger partial charge on any atom is 0.261 e. The minimum absolute atomic E-state index is 0.0237. The van der Waals surface area contributed by atoms with E-state index in [-0.39, 0.29) is 17.7 Å². The summed E-state index contributed by atoms with van der Waals surface area (Å²) in [5.41, 5.74) is 6.58. The van der Waals surface area contributed by atoms with Crippen molar-refractivity contribution in [2.24, 2.45) is 0 Å². The van der Waals surface area contributed by atoms with E-state index < -0.39 is 23.4 Å². The highest BCUT2D eigenvalue weighted by Crippen LogP contribution is 2.26. The molecule has 4 nitrogen and oxygen atoms in total. The molecule has 6 heteroatoms. The Kier molecular flexibility index (Phi) is 2.94. The molecule has 2 aromatic rings. The maximum absolute atomic E-state index is 13.2. The molecule has 2 N–H and O–H groups in total. The van der Waals surface area contributed by atoms with E-state index in [1.807, 2.05) is 0 Å². The third-order valence-corrected chi connectivity index (χ3v) is 3.33. The number of hydrogen-bond acceptors (Lipinski definition) is 3. The third-order valence-electron chi connectivity index (χ3n) is 3.33. The van der Waals surface area contributed by atoms with Crippen LogP contribution in [0.1, 0.15) is 26.3 Å². The minimum atomic E-state index is -1.15. The Morgan fingerprint density at radius 3 is 1.86 bits per heavy atom. The average Bonchev–Trinajstić information content (AvgIpc) is 2.67. The van der Waals surface area contributed by atoms with Crippen molar-refractivity contribution in [2.75, 3.05) is 5.73 Å². The molecule has 1 aliphatic rings. The molecule has 0 spiro atoms. The summed E-state index contributed by atoms with van der Waals surface area (Å²) in [6, 6.07) is 8.17. The Labute approximate surface area is 118 Å². The number of carbonyl (C=O) groups is 2. The lowest BCUT2D eigenvalue weighted by molar-refractivity contribution is 0.0642. The zero-order valence-electron chi connectivity index (χ0n) is 10.8. The number of amides is 2. The maximum atomic E-state index is 13.2. The summed E-state index contributed by atoms with van der Waals surface area (Å²) in [5, 5.41) is 0. The van der Waals surface area contributed by atoms with Gasteiger partial charge in [0.25, 0.3) is 11.8 Å². The topological polar surface area (TPSA) is 63.4 Å². The minimum Gasteiger partial charge on any atom is -0.399 e. The largest absolute Gasteiger partial charge is 0.399 e. The van der Waals surface area contributed by atoms with Crippen LogP contribution in [0.5, 0.6) is 0 Å². The second-order valence-electron chi connectivity index (χ2n) is 4.75.